The number of alkyl carbamates (subject to hydrolysis) is 1. The van der Waals surface area contributed by atoms with Crippen molar-refractivity contribution in [1.29, 1.82) is 0 Å². The van der Waals surface area contributed by atoms with E-state index in [9.17, 15) is 26.8 Å². The van der Waals surface area contributed by atoms with Crippen molar-refractivity contribution in [2.24, 2.45) is 4.99 Å². The van der Waals surface area contributed by atoms with Crippen molar-refractivity contribution in [1.82, 2.24) is 19.6 Å². The number of anilines is 1. The maximum absolute atomic E-state index is 12.9. The summed E-state index contributed by atoms with van der Waals surface area (Å²) in [5.74, 6) is -1.67. The fraction of sp³-hybridized carbons (Fsp3) is 0.381. The molecule has 1 aliphatic heterocycles. The van der Waals surface area contributed by atoms with Crippen LogP contribution in [0.15, 0.2) is 41.4 Å². The maximum Gasteiger partial charge on any atom is 0.414 e. The summed E-state index contributed by atoms with van der Waals surface area (Å²) >= 11 is 1.00. The first-order valence-corrected chi connectivity index (χ1v) is 13.0. The Morgan fingerprint density at radius 1 is 1.30 bits per heavy atom. The highest BCUT2D eigenvalue weighted by Gasteiger charge is 2.45. The molecule has 0 radical (unpaired) electrons. The molecule has 1 atom stereocenters. The molecule has 2 aromatic rings. The number of carbonyl (C=O) groups excluding carboxylic acids is 2. The number of sulfonamides is 1. The minimum atomic E-state index is -3.97. The zero-order valence-corrected chi connectivity index (χ0v) is 21.8. The van der Waals surface area contributed by atoms with Crippen LogP contribution in [-0.4, -0.2) is 65.7 Å². The third kappa shape index (κ3) is 6.76. The largest absolute Gasteiger partial charge is 0.444 e. The molecule has 0 saturated carbocycles. The van der Waals surface area contributed by atoms with Gasteiger partial charge in [-0.3, -0.25) is 10.1 Å². The van der Waals surface area contributed by atoms with Crippen LogP contribution in [-0.2, 0) is 20.3 Å². The van der Waals surface area contributed by atoms with Gasteiger partial charge in [-0.25, -0.2) is 32.5 Å². The number of nitrogens with one attached hydrogen (secondary N) is 2. The van der Waals surface area contributed by atoms with Crippen LogP contribution in [0, 0.1) is 0 Å². The van der Waals surface area contributed by atoms with Gasteiger partial charge in [-0.2, -0.15) is 8.78 Å². The van der Waals surface area contributed by atoms with Crippen LogP contribution >= 0.6 is 11.3 Å². The van der Waals surface area contributed by atoms with Crippen molar-refractivity contribution >= 4 is 45.1 Å². The summed E-state index contributed by atoms with van der Waals surface area (Å²) < 4.78 is 60.6. The standard InChI is InChI=1S/C21H24F2N6O6S2/c1-6-21(11-37(32,33)29(5)18(28-21)27-19(31)35-20(2,3)4)16-26-14(10-36-16)25-15(30)13-8-7-12(9-24-13)34-17(22)23/h6-10,17H,1,11H2,2-5H3,(H,25,30)(H,27,28,31)/t21-/m0/s1. The lowest BCUT2D eigenvalue weighted by Gasteiger charge is -2.34. The number of alkyl halides is 2. The molecule has 0 unspecified atom stereocenters. The summed E-state index contributed by atoms with van der Waals surface area (Å²) in [4.78, 5) is 37.3. The van der Waals surface area contributed by atoms with Crippen LogP contribution in [0.4, 0.5) is 19.4 Å². The molecular formula is C21H24F2N6O6S2. The van der Waals surface area contributed by atoms with Gasteiger partial charge in [0.25, 0.3) is 5.91 Å². The number of aliphatic imine (C=N–C) groups is 1. The van der Waals surface area contributed by atoms with Crippen molar-refractivity contribution < 1.29 is 36.3 Å². The van der Waals surface area contributed by atoms with Crippen LogP contribution in [0.3, 0.4) is 0 Å². The molecule has 2 aromatic heterocycles. The molecule has 1 aliphatic rings. The number of halogens is 2. The average Bonchev–Trinajstić information content (AvgIpc) is 3.24. The zero-order valence-electron chi connectivity index (χ0n) is 20.2. The van der Waals surface area contributed by atoms with E-state index in [0.29, 0.717) is 0 Å². The number of hydrogen-bond donors (Lipinski definition) is 2. The van der Waals surface area contributed by atoms with E-state index in [4.69, 9.17) is 4.74 Å². The van der Waals surface area contributed by atoms with E-state index in [1.54, 1.807) is 20.8 Å². The van der Waals surface area contributed by atoms with Gasteiger partial charge >= 0.3 is 12.7 Å². The van der Waals surface area contributed by atoms with Crippen LogP contribution < -0.4 is 15.4 Å². The van der Waals surface area contributed by atoms with Crippen molar-refractivity contribution in [3.05, 3.63) is 47.1 Å². The second kappa shape index (κ2) is 10.4. The first kappa shape index (κ1) is 27.9. The lowest BCUT2D eigenvalue weighted by atomic mass is 10.1. The molecule has 0 fully saturated rings. The summed E-state index contributed by atoms with van der Waals surface area (Å²) in [7, 11) is -2.74. The molecule has 0 spiro atoms. The Morgan fingerprint density at radius 2 is 2.00 bits per heavy atom. The Hall–Kier alpha value is -3.66. The smallest absolute Gasteiger partial charge is 0.414 e. The molecule has 12 nitrogen and oxygen atoms in total. The predicted octanol–water partition coefficient (Wildman–Crippen LogP) is 2.93. The Bertz CT molecular complexity index is 1320. The van der Waals surface area contributed by atoms with E-state index in [1.165, 1.54) is 24.6 Å². The van der Waals surface area contributed by atoms with Gasteiger partial charge in [-0.15, -0.1) is 17.9 Å². The van der Waals surface area contributed by atoms with E-state index in [1.807, 2.05) is 0 Å². The number of carbonyl (C=O) groups is 2. The number of guanidine groups is 1. The van der Waals surface area contributed by atoms with Gasteiger partial charge in [0.2, 0.25) is 16.0 Å². The average molecular weight is 559 g/mol. The predicted molar refractivity (Wildman–Crippen MR) is 131 cm³/mol. The number of thiazole rings is 1. The fourth-order valence-electron chi connectivity index (χ4n) is 3.00. The second-order valence-electron chi connectivity index (χ2n) is 8.66. The summed E-state index contributed by atoms with van der Waals surface area (Å²) in [6.07, 6.45) is 1.34. The quantitative estimate of drug-likeness (QED) is 0.514. The monoisotopic (exact) mass is 558 g/mol. The Balaban J connectivity index is 1.85. The first-order chi connectivity index (χ1) is 17.1. The van der Waals surface area contributed by atoms with E-state index in [2.05, 4.69) is 36.9 Å². The second-order valence-corrected chi connectivity index (χ2v) is 11.5. The number of pyridine rings is 1. The van der Waals surface area contributed by atoms with Crippen LogP contribution in [0.5, 0.6) is 5.75 Å². The SMILES string of the molecule is C=C[C@@]1(c2nc(NC(=O)c3ccc(OC(F)F)cn3)cs2)CS(=O)(=O)N(C)C(NC(=O)OC(C)(C)C)=N1. The van der Waals surface area contributed by atoms with Gasteiger partial charge < -0.3 is 14.8 Å². The Kier molecular flexibility index (Phi) is 7.83. The summed E-state index contributed by atoms with van der Waals surface area (Å²) in [5.41, 5.74) is -2.51. The van der Waals surface area contributed by atoms with E-state index >= 15 is 0 Å². The molecule has 2 N–H and O–H groups in total. The number of hydrogen-bond acceptors (Lipinski definition) is 10. The first-order valence-electron chi connectivity index (χ1n) is 10.5. The molecule has 0 bridgehead atoms. The van der Waals surface area contributed by atoms with E-state index < -0.39 is 45.5 Å². The van der Waals surface area contributed by atoms with E-state index in [-0.39, 0.29) is 28.2 Å². The van der Waals surface area contributed by atoms with Crippen molar-refractivity contribution in [2.75, 3.05) is 18.1 Å². The van der Waals surface area contributed by atoms with Crippen LogP contribution in [0.25, 0.3) is 0 Å². The van der Waals surface area contributed by atoms with Crippen LogP contribution in [0.1, 0.15) is 36.3 Å². The summed E-state index contributed by atoms with van der Waals surface area (Å²) in [6.45, 7) is 5.63. The molecule has 3 heterocycles. The molecule has 0 saturated heterocycles. The number of rotatable bonds is 6. The summed E-state index contributed by atoms with van der Waals surface area (Å²) in [6, 6.07) is 2.35. The van der Waals surface area contributed by atoms with Crippen molar-refractivity contribution in [3.63, 3.8) is 0 Å². The molecule has 0 aromatic carbocycles. The number of amides is 2. The molecule has 16 heteroatoms. The highest BCUT2D eigenvalue weighted by Crippen LogP contribution is 2.36. The molecular weight excluding hydrogens is 534 g/mol. The third-order valence-electron chi connectivity index (χ3n) is 4.68. The lowest BCUT2D eigenvalue weighted by molar-refractivity contribution is -0.0500. The Labute approximate surface area is 215 Å². The highest BCUT2D eigenvalue weighted by atomic mass is 32.2. The minimum Gasteiger partial charge on any atom is -0.444 e. The van der Waals surface area contributed by atoms with Gasteiger partial charge in [0.05, 0.1) is 6.20 Å². The Morgan fingerprint density at radius 3 is 2.57 bits per heavy atom. The number of nitrogens with zero attached hydrogens (tertiary/aromatic N) is 4. The van der Waals surface area contributed by atoms with Crippen LogP contribution in [0.2, 0.25) is 0 Å². The topological polar surface area (TPSA) is 152 Å². The van der Waals surface area contributed by atoms with Gasteiger partial charge in [0.15, 0.2) is 0 Å². The lowest BCUT2D eigenvalue weighted by Crippen LogP contribution is -2.54. The summed E-state index contributed by atoms with van der Waals surface area (Å²) in [5, 5.41) is 6.47. The van der Waals surface area contributed by atoms with Crippen molar-refractivity contribution in [2.45, 2.75) is 38.5 Å². The highest BCUT2D eigenvalue weighted by molar-refractivity contribution is 7.89. The normalized spacial score (nSPS) is 19.1. The van der Waals surface area contributed by atoms with Gasteiger partial charge in [0.1, 0.15) is 39.2 Å². The molecule has 0 aliphatic carbocycles. The van der Waals surface area contributed by atoms with Gasteiger partial charge in [-0.1, -0.05) is 6.08 Å². The van der Waals surface area contributed by atoms with Crippen molar-refractivity contribution in [3.8, 4) is 5.75 Å². The fourth-order valence-corrected chi connectivity index (χ4v) is 5.40. The minimum absolute atomic E-state index is 0.0640. The molecule has 200 valence electrons. The number of aromatic nitrogens is 2. The number of ether oxygens (including phenoxy) is 2. The van der Waals surface area contributed by atoms with Gasteiger partial charge in [0, 0.05) is 12.4 Å². The third-order valence-corrected chi connectivity index (χ3v) is 7.51. The molecule has 37 heavy (non-hydrogen) atoms. The van der Waals surface area contributed by atoms with Gasteiger partial charge in [-0.05, 0) is 32.9 Å². The van der Waals surface area contributed by atoms with E-state index in [0.717, 1.165) is 27.9 Å². The zero-order chi connectivity index (χ0) is 27.6. The molecule has 2 amide bonds. The maximum atomic E-state index is 12.9. The molecule has 3 rings (SSSR count).